The number of aryl methyl sites for hydroxylation is 2. The SMILES string of the molecule is Cc1nc(C)nc(-c2ccc(-c3nc(-c4ccc(-c5cc(C6CCCCC6)cc(C6CCCCC6)c5)cc4)nc(-c4ccc(-c5cc(C(C)(C)C)cc(C(C)(C)C)c5)cc4)n3)cc2)n1. The lowest BCUT2D eigenvalue weighted by Gasteiger charge is -2.27. The van der Waals surface area contributed by atoms with Gasteiger partial charge in [0.1, 0.15) is 11.6 Å². The van der Waals surface area contributed by atoms with Gasteiger partial charge in [-0.1, -0.05) is 189 Å². The molecule has 64 heavy (non-hydrogen) atoms. The molecule has 2 aliphatic rings. The molecule has 0 amide bonds. The van der Waals surface area contributed by atoms with Crippen molar-refractivity contribution in [1.82, 2.24) is 29.9 Å². The number of aromatic nitrogens is 6. The number of hydrogen-bond acceptors (Lipinski definition) is 6. The molecule has 0 radical (unpaired) electrons. The van der Waals surface area contributed by atoms with E-state index >= 15 is 0 Å². The van der Waals surface area contributed by atoms with Crippen molar-refractivity contribution in [3.63, 3.8) is 0 Å². The van der Waals surface area contributed by atoms with Crippen LogP contribution >= 0.6 is 0 Å². The molecule has 0 saturated heterocycles. The summed E-state index contributed by atoms with van der Waals surface area (Å²) in [6.07, 6.45) is 13.3. The van der Waals surface area contributed by atoms with Crippen LogP contribution in [0, 0.1) is 13.8 Å². The lowest BCUT2D eigenvalue weighted by molar-refractivity contribution is 0.435. The minimum Gasteiger partial charge on any atom is -0.219 e. The Morgan fingerprint density at radius 1 is 0.328 bits per heavy atom. The van der Waals surface area contributed by atoms with Crippen LogP contribution in [0.3, 0.4) is 0 Å². The molecule has 0 atom stereocenters. The quantitative estimate of drug-likeness (QED) is 0.152. The van der Waals surface area contributed by atoms with E-state index in [0.29, 0.717) is 46.8 Å². The molecule has 0 unspecified atom stereocenters. The van der Waals surface area contributed by atoms with Crippen LogP contribution < -0.4 is 0 Å². The van der Waals surface area contributed by atoms with E-state index in [0.717, 1.165) is 22.3 Å². The lowest BCUT2D eigenvalue weighted by atomic mass is 9.78. The summed E-state index contributed by atoms with van der Waals surface area (Å²) in [5, 5.41) is 0. The van der Waals surface area contributed by atoms with Gasteiger partial charge in [0.2, 0.25) is 0 Å². The average molecular weight is 845 g/mol. The van der Waals surface area contributed by atoms with Crippen molar-refractivity contribution in [2.24, 2.45) is 0 Å². The van der Waals surface area contributed by atoms with Gasteiger partial charge in [0, 0.05) is 22.3 Å². The number of benzene rings is 5. The fourth-order valence-corrected chi connectivity index (χ4v) is 9.75. The number of hydrogen-bond donors (Lipinski definition) is 0. The van der Waals surface area contributed by atoms with E-state index in [9.17, 15) is 0 Å². The number of nitrogens with zero attached hydrogens (tertiary/aromatic N) is 6. The molecule has 5 aromatic carbocycles. The van der Waals surface area contributed by atoms with E-state index in [1.54, 1.807) is 11.1 Å². The fraction of sp³-hybridized carbons (Fsp3) is 0.379. The highest BCUT2D eigenvalue weighted by molar-refractivity contribution is 5.74. The van der Waals surface area contributed by atoms with Crippen LogP contribution in [-0.4, -0.2) is 29.9 Å². The Hall–Kier alpha value is -5.88. The average Bonchev–Trinajstić information content (AvgIpc) is 3.31. The van der Waals surface area contributed by atoms with Crippen LogP contribution in [-0.2, 0) is 10.8 Å². The Kier molecular flexibility index (Phi) is 12.2. The molecule has 0 aliphatic heterocycles. The van der Waals surface area contributed by atoms with E-state index in [-0.39, 0.29) is 10.8 Å². The molecule has 6 nitrogen and oxygen atoms in total. The van der Waals surface area contributed by atoms with Gasteiger partial charge in [0.25, 0.3) is 0 Å². The summed E-state index contributed by atoms with van der Waals surface area (Å²) in [5.74, 6) is 5.30. The summed E-state index contributed by atoms with van der Waals surface area (Å²) in [7, 11) is 0. The zero-order valence-corrected chi connectivity index (χ0v) is 39.3. The second-order valence-corrected chi connectivity index (χ2v) is 20.6. The molecule has 7 aromatic rings. The van der Waals surface area contributed by atoms with Crippen molar-refractivity contribution in [1.29, 1.82) is 0 Å². The first kappa shape index (κ1) is 43.4. The summed E-state index contributed by atoms with van der Waals surface area (Å²) >= 11 is 0. The second-order valence-electron chi connectivity index (χ2n) is 20.6. The van der Waals surface area contributed by atoms with Gasteiger partial charge in [-0.05, 0) is 107 Å². The normalized spacial score (nSPS) is 15.4. The monoisotopic (exact) mass is 845 g/mol. The van der Waals surface area contributed by atoms with Crippen molar-refractivity contribution >= 4 is 0 Å². The summed E-state index contributed by atoms with van der Waals surface area (Å²) < 4.78 is 0. The Morgan fingerprint density at radius 3 is 0.984 bits per heavy atom. The molecule has 2 aromatic heterocycles. The van der Waals surface area contributed by atoms with Crippen LogP contribution in [0.25, 0.3) is 67.8 Å². The largest absolute Gasteiger partial charge is 0.219 e. The van der Waals surface area contributed by atoms with Gasteiger partial charge in [-0.15, -0.1) is 0 Å². The molecule has 2 fully saturated rings. The zero-order valence-electron chi connectivity index (χ0n) is 39.3. The van der Waals surface area contributed by atoms with Crippen molar-refractivity contribution in [2.45, 2.75) is 142 Å². The molecule has 2 heterocycles. The Morgan fingerprint density at radius 2 is 0.641 bits per heavy atom. The van der Waals surface area contributed by atoms with Crippen molar-refractivity contribution in [2.75, 3.05) is 0 Å². The van der Waals surface area contributed by atoms with Crippen LogP contribution in [0.2, 0.25) is 0 Å². The molecule has 6 heteroatoms. The molecule has 0 bridgehead atoms. The van der Waals surface area contributed by atoms with Crippen molar-refractivity contribution < 1.29 is 0 Å². The van der Waals surface area contributed by atoms with Crippen LogP contribution in [0.1, 0.15) is 151 Å². The first-order valence-electron chi connectivity index (χ1n) is 23.8. The Balaban J connectivity index is 1.09. The van der Waals surface area contributed by atoms with Gasteiger partial charge >= 0.3 is 0 Å². The Labute approximate surface area is 381 Å². The van der Waals surface area contributed by atoms with E-state index in [1.807, 2.05) is 26.0 Å². The summed E-state index contributed by atoms with van der Waals surface area (Å²) in [6, 6.07) is 40.5. The number of rotatable bonds is 8. The van der Waals surface area contributed by atoms with Crippen molar-refractivity contribution in [3.05, 3.63) is 143 Å². The summed E-state index contributed by atoms with van der Waals surface area (Å²) in [6.45, 7) is 17.5. The third-order valence-electron chi connectivity index (χ3n) is 13.6. The molecule has 326 valence electrons. The topological polar surface area (TPSA) is 77.3 Å². The lowest BCUT2D eigenvalue weighted by Crippen LogP contribution is -2.16. The van der Waals surface area contributed by atoms with Crippen LogP contribution in [0.15, 0.2) is 109 Å². The van der Waals surface area contributed by atoms with Gasteiger partial charge in [-0.25, -0.2) is 29.9 Å². The predicted octanol–water partition coefficient (Wildman–Crippen LogP) is 15.4. The molecule has 0 N–H and O–H groups in total. The molecular formula is C58H64N6. The summed E-state index contributed by atoms with van der Waals surface area (Å²) in [4.78, 5) is 29.0. The van der Waals surface area contributed by atoms with Gasteiger partial charge < -0.3 is 0 Å². The standard InChI is InChI=1S/C58H64N6/c1-37-59-38(2)61-53(60-37)43-27-29-46(30-28-43)56-63-54(62-55(64-56)45-25-21-42(22-26-45)50-34-51(57(3,4)5)36-52(35-50)58(6,7)8)44-23-19-41(20-24-44)49-32-47(39-15-11-9-12-16-39)31-48(33-49)40-17-13-10-14-18-40/h19-36,39-40H,9-18H2,1-8H3. The highest BCUT2D eigenvalue weighted by Gasteiger charge is 2.23. The van der Waals surface area contributed by atoms with Gasteiger partial charge in [0.15, 0.2) is 23.3 Å². The zero-order chi connectivity index (χ0) is 44.6. The van der Waals surface area contributed by atoms with Crippen molar-refractivity contribution in [3.8, 4) is 67.8 Å². The molecule has 2 saturated carbocycles. The fourth-order valence-electron chi connectivity index (χ4n) is 9.75. The minimum absolute atomic E-state index is 0.0319. The molecule has 0 spiro atoms. The van der Waals surface area contributed by atoms with E-state index in [2.05, 4.69) is 154 Å². The van der Waals surface area contributed by atoms with E-state index < -0.39 is 0 Å². The molecule has 9 rings (SSSR count). The maximum absolute atomic E-state index is 5.18. The van der Waals surface area contributed by atoms with E-state index in [1.165, 1.54) is 97.6 Å². The second kappa shape index (κ2) is 17.9. The van der Waals surface area contributed by atoms with Gasteiger partial charge in [0.05, 0.1) is 0 Å². The highest BCUT2D eigenvalue weighted by atomic mass is 15.0. The highest BCUT2D eigenvalue weighted by Crippen LogP contribution is 2.41. The minimum atomic E-state index is 0.0319. The van der Waals surface area contributed by atoms with Crippen LogP contribution in [0.4, 0.5) is 0 Å². The summed E-state index contributed by atoms with van der Waals surface area (Å²) in [5.41, 5.74) is 14.5. The third kappa shape index (κ3) is 9.77. The smallest absolute Gasteiger partial charge is 0.164 e. The van der Waals surface area contributed by atoms with E-state index in [4.69, 9.17) is 15.0 Å². The predicted molar refractivity (Wildman–Crippen MR) is 264 cm³/mol. The Bertz CT molecular complexity index is 2650. The first-order valence-corrected chi connectivity index (χ1v) is 23.8. The molecular weight excluding hydrogens is 781 g/mol. The maximum atomic E-state index is 5.18. The third-order valence-corrected chi connectivity index (χ3v) is 13.6. The first-order chi connectivity index (χ1) is 30.7. The van der Waals surface area contributed by atoms with Crippen LogP contribution in [0.5, 0.6) is 0 Å². The van der Waals surface area contributed by atoms with Gasteiger partial charge in [-0.2, -0.15) is 0 Å². The maximum Gasteiger partial charge on any atom is 0.164 e. The van der Waals surface area contributed by atoms with Gasteiger partial charge in [-0.3, -0.25) is 0 Å². The molecule has 2 aliphatic carbocycles.